The van der Waals surface area contributed by atoms with Crippen molar-refractivity contribution in [2.24, 2.45) is 7.05 Å². The third-order valence-corrected chi connectivity index (χ3v) is 8.02. The molecule has 6 rings (SSSR count). The fraction of sp³-hybridized carbons (Fsp3) is 0.303. The first-order valence-corrected chi connectivity index (χ1v) is 14.3. The van der Waals surface area contributed by atoms with E-state index in [1.807, 2.05) is 43.6 Å². The van der Waals surface area contributed by atoms with Crippen molar-refractivity contribution in [1.82, 2.24) is 29.9 Å². The number of pyridine rings is 2. The molecule has 42 heavy (non-hydrogen) atoms. The summed E-state index contributed by atoms with van der Waals surface area (Å²) in [6.07, 6.45) is 5.49. The maximum Gasteiger partial charge on any atom is 0.225 e. The van der Waals surface area contributed by atoms with Crippen LogP contribution in [0.25, 0.3) is 11.0 Å². The summed E-state index contributed by atoms with van der Waals surface area (Å²) in [6.45, 7) is 8.56. The minimum atomic E-state index is -0.179. The molecule has 2 aromatic carbocycles. The molecule has 0 bridgehead atoms. The molecule has 0 fully saturated rings. The van der Waals surface area contributed by atoms with Crippen LogP contribution in [0.1, 0.15) is 52.8 Å². The predicted molar refractivity (Wildman–Crippen MR) is 162 cm³/mol. The van der Waals surface area contributed by atoms with Crippen molar-refractivity contribution in [3.8, 4) is 5.75 Å². The lowest BCUT2D eigenvalue weighted by Gasteiger charge is -2.25. The van der Waals surface area contributed by atoms with E-state index >= 15 is 0 Å². The Balaban J connectivity index is 1.35. The number of aryl methyl sites for hydroxylation is 3. The van der Waals surface area contributed by atoms with Crippen LogP contribution in [0.3, 0.4) is 0 Å². The SMILES string of the molecule is Cc1ccc([C@@H](CC(=O)Nc2cccnc2)c2ccc3c(nnn3C)c2C)cc1CN1Cc2ncccc2O[C@H](C)C1. The summed E-state index contributed by atoms with van der Waals surface area (Å²) in [6, 6.07) is 18.3. The average molecular weight is 562 g/mol. The van der Waals surface area contributed by atoms with Crippen molar-refractivity contribution >= 4 is 22.6 Å². The van der Waals surface area contributed by atoms with E-state index in [1.54, 1.807) is 17.1 Å². The number of aromatic nitrogens is 5. The molecule has 2 atom stereocenters. The number of nitrogens with one attached hydrogen (secondary N) is 1. The molecule has 0 aliphatic carbocycles. The van der Waals surface area contributed by atoms with E-state index in [4.69, 9.17) is 4.74 Å². The Labute approximate surface area is 245 Å². The fourth-order valence-corrected chi connectivity index (χ4v) is 5.85. The third kappa shape index (κ3) is 5.73. The number of amides is 1. The van der Waals surface area contributed by atoms with Gasteiger partial charge >= 0.3 is 0 Å². The van der Waals surface area contributed by atoms with Crippen molar-refractivity contribution in [3.63, 3.8) is 0 Å². The molecule has 0 spiro atoms. The molecule has 3 aromatic heterocycles. The smallest absolute Gasteiger partial charge is 0.225 e. The van der Waals surface area contributed by atoms with Crippen LogP contribution in [0.15, 0.2) is 73.2 Å². The molecule has 5 aromatic rings. The maximum atomic E-state index is 13.4. The zero-order valence-corrected chi connectivity index (χ0v) is 24.4. The molecule has 0 saturated heterocycles. The van der Waals surface area contributed by atoms with Gasteiger partial charge in [0.25, 0.3) is 0 Å². The minimum Gasteiger partial charge on any atom is -0.487 e. The van der Waals surface area contributed by atoms with Gasteiger partial charge in [-0.1, -0.05) is 29.5 Å². The number of anilines is 1. The zero-order valence-electron chi connectivity index (χ0n) is 24.4. The summed E-state index contributed by atoms with van der Waals surface area (Å²) in [7, 11) is 1.89. The number of benzene rings is 2. The highest BCUT2D eigenvalue weighted by Gasteiger charge is 2.25. The van der Waals surface area contributed by atoms with Crippen LogP contribution in [0.5, 0.6) is 5.75 Å². The van der Waals surface area contributed by atoms with Crippen LogP contribution in [0.4, 0.5) is 5.69 Å². The van der Waals surface area contributed by atoms with Gasteiger partial charge in [-0.05, 0) is 78.9 Å². The number of carbonyl (C=O) groups excluding carboxylic acids is 1. The van der Waals surface area contributed by atoms with Crippen LogP contribution in [-0.2, 0) is 24.9 Å². The Bertz CT molecular complexity index is 1730. The van der Waals surface area contributed by atoms with Gasteiger partial charge in [-0.3, -0.25) is 19.7 Å². The summed E-state index contributed by atoms with van der Waals surface area (Å²) in [5.74, 6) is 0.601. The Morgan fingerprint density at radius 3 is 2.81 bits per heavy atom. The molecule has 9 nitrogen and oxygen atoms in total. The average Bonchev–Trinajstić information content (AvgIpc) is 3.27. The van der Waals surface area contributed by atoms with Gasteiger partial charge < -0.3 is 10.1 Å². The Hall–Kier alpha value is -4.63. The van der Waals surface area contributed by atoms with Gasteiger partial charge in [0.2, 0.25) is 5.91 Å². The van der Waals surface area contributed by atoms with Crippen molar-refractivity contribution in [3.05, 3.63) is 107 Å². The van der Waals surface area contributed by atoms with Gasteiger partial charge in [-0.15, -0.1) is 5.10 Å². The van der Waals surface area contributed by atoms with Gasteiger partial charge in [0.15, 0.2) is 0 Å². The van der Waals surface area contributed by atoms with Crippen LogP contribution in [-0.4, -0.2) is 48.4 Å². The molecular formula is C33H35N7O2. The van der Waals surface area contributed by atoms with Gasteiger partial charge in [-0.2, -0.15) is 0 Å². The Kier molecular flexibility index (Phi) is 7.67. The monoisotopic (exact) mass is 561 g/mol. The van der Waals surface area contributed by atoms with Gasteiger partial charge in [-0.25, -0.2) is 4.68 Å². The number of hydrogen-bond acceptors (Lipinski definition) is 7. The van der Waals surface area contributed by atoms with Gasteiger partial charge in [0.05, 0.1) is 23.1 Å². The second-order valence-corrected chi connectivity index (χ2v) is 11.1. The quantitative estimate of drug-likeness (QED) is 0.287. The van der Waals surface area contributed by atoms with Crippen molar-refractivity contribution in [1.29, 1.82) is 0 Å². The van der Waals surface area contributed by atoms with Crippen molar-refractivity contribution < 1.29 is 9.53 Å². The van der Waals surface area contributed by atoms with Crippen molar-refractivity contribution in [2.75, 3.05) is 11.9 Å². The van der Waals surface area contributed by atoms with E-state index in [9.17, 15) is 4.79 Å². The first kappa shape index (κ1) is 27.5. The third-order valence-electron chi connectivity index (χ3n) is 8.02. The molecular weight excluding hydrogens is 526 g/mol. The molecule has 1 aliphatic heterocycles. The lowest BCUT2D eigenvalue weighted by atomic mass is 9.84. The topological polar surface area (TPSA) is 98.1 Å². The molecule has 1 aliphatic rings. The molecule has 1 amide bonds. The van der Waals surface area contributed by atoms with Gasteiger partial charge in [0, 0.05) is 51.4 Å². The van der Waals surface area contributed by atoms with E-state index in [2.05, 4.69) is 75.5 Å². The molecule has 9 heteroatoms. The minimum absolute atomic E-state index is 0.0456. The lowest BCUT2D eigenvalue weighted by Crippen LogP contribution is -2.31. The summed E-state index contributed by atoms with van der Waals surface area (Å²) in [5, 5.41) is 11.7. The van der Waals surface area contributed by atoms with Crippen LogP contribution >= 0.6 is 0 Å². The number of fused-ring (bicyclic) bond motifs is 2. The first-order chi connectivity index (χ1) is 20.4. The zero-order chi connectivity index (χ0) is 29.2. The second-order valence-electron chi connectivity index (χ2n) is 11.1. The number of rotatable bonds is 7. The van der Waals surface area contributed by atoms with E-state index in [-0.39, 0.29) is 24.3 Å². The highest BCUT2D eigenvalue weighted by molar-refractivity contribution is 5.91. The lowest BCUT2D eigenvalue weighted by molar-refractivity contribution is -0.116. The van der Waals surface area contributed by atoms with E-state index in [0.29, 0.717) is 12.2 Å². The summed E-state index contributed by atoms with van der Waals surface area (Å²) in [4.78, 5) is 24.5. The molecule has 1 N–H and O–H groups in total. The standard InChI is InChI=1S/C33H35N7O2/c1-21-9-10-24(15-25(21)19-40-18-22(2)42-31-8-6-14-35-29(31)20-40)28(16-32(41)36-26-7-5-13-34-17-26)27-11-12-30-33(23(27)3)37-38-39(30)4/h5-15,17,22,28H,16,18-20H2,1-4H3,(H,36,41)/t22-,28-/m1/s1. The van der Waals surface area contributed by atoms with E-state index in [1.165, 1.54) is 11.1 Å². The second kappa shape index (κ2) is 11.7. The molecule has 0 radical (unpaired) electrons. The molecule has 214 valence electrons. The molecule has 0 unspecified atom stereocenters. The van der Waals surface area contributed by atoms with Crippen LogP contribution < -0.4 is 10.1 Å². The van der Waals surface area contributed by atoms with E-state index < -0.39 is 0 Å². The van der Waals surface area contributed by atoms with E-state index in [0.717, 1.165) is 52.3 Å². The largest absolute Gasteiger partial charge is 0.487 e. The van der Waals surface area contributed by atoms with Crippen LogP contribution in [0, 0.1) is 13.8 Å². The number of nitrogens with zero attached hydrogens (tertiary/aromatic N) is 6. The van der Waals surface area contributed by atoms with Gasteiger partial charge in [0.1, 0.15) is 17.4 Å². The molecule has 0 saturated carbocycles. The van der Waals surface area contributed by atoms with Crippen molar-refractivity contribution in [2.45, 2.75) is 52.3 Å². The Morgan fingerprint density at radius 1 is 1.12 bits per heavy atom. The summed E-state index contributed by atoms with van der Waals surface area (Å²) < 4.78 is 7.93. The fourth-order valence-electron chi connectivity index (χ4n) is 5.85. The maximum absolute atomic E-state index is 13.4. The highest BCUT2D eigenvalue weighted by atomic mass is 16.5. The number of ether oxygens (including phenoxy) is 1. The Morgan fingerprint density at radius 2 is 1.98 bits per heavy atom. The summed E-state index contributed by atoms with van der Waals surface area (Å²) >= 11 is 0. The number of hydrogen-bond donors (Lipinski definition) is 1. The summed E-state index contributed by atoms with van der Waals surface area (Å²) in [5.41, 5.74) is 9.05. The predicted octanol–water partition coefficient (Wildman–Crippen LogP) is 5.32. The normalized spacial score (nSPS) is 16.0. The first-order valence-electron chi connectivity index (χ1n) is 14.3. The highest BCUT2D eigenvalue weighted by Crippen LogP contribution is 2.35. The van der Waals surface area contributed by atoms with Crippen LogP contribution in [0.2, 0.25) is 0 Å². The molecule has 4 heterocycles. The number of carbonyl (C=O) groups is 1.